The van der Waals surface area contributed by atoms with E-state index in [1.807, 2.05) is 30.5 Å². The zero-order chi connectivity index (χ0) is 27.4. The number of halogens is 3. The molecule has 0 spiro atoms. The summed E-state index contributed by atoms with van der Waals surface area (Å²) in [6.45, 7) is 5.29. The Morgan fingerprint density at radius 2 is 1.87 bits per heavy atom. The van der Waals surface area contributed by atoms with Crippen LogP contribution in [0, 0.1) is 0 Å². The van der Waals surface area contributed by atoms with Crippen molar-refractivity contribution in [2.45, 2.75) is 44.8 Å². The summed E-state index contributed by atoms with van der Waals surface area (Å²) < 4.78 is 46.7. The minimum atomic E-state index is -4.49. The monoisotopic (exact) mass is 557 g/mol. The Morgan fingerprint density at radius 1 is 1.10 bits per heavy atom. The van der Waals surface area contributed by atoms with Gasteiger partial charge in [-0.25, -0.2) is 9.50 Å². The third kappa shape index (κ3) is 6.42. The maximum atomic E-state index is 13.0. The number of amides is 1. The summed E-state index contributed by atoms with van der Waals surface area (Å²) in [4.78, 5) is 19.6. The van der Waals surface area contributed by atoms with Crippen molar-refractivity contribution in [2.24, 2.45) is 0 Å². The molecule has 206 valence electrons. The molecule has 1 N–H and O–H groups in total. The van der Waals surface area contributed by atoms with Crippen molar-refractivity contribution in [3.05, 3.63) is 59.2 Å². The average molecular weight is 558 g/mol. The van der Waals surface area contributed by atoms with Crippen molar-refractivity contribution in [1.29, 1.82) is 0 Å². The number of nitrogens with zero attached hydrogens (tertiary/aromatic N) is 4. The lowest BCUT2D eigenvalue weighted by atomic mass is 10.1. The zero-order valence-corrected chi connectivity index (χ0v) is 22.4. The van der Waals surface area contributed by atoms with Crippen LogP contribution >= 0.6 is 11.3 Å². The quantitative estimate of drug-likeness (QED) is 0.271. The molecule has 0 bridgehead atoms. The largest absolute Gasteiger partial charge is 0.492 e. The highest BCUT2D eigenvalue weighted by molar-refractivity contribution is 7.12. The first kappa shape index (κ1) is 27.1. The van der Waals surface area contributed by atoms with Crippen LogP contribution in [0.1, 0.15) is 42.3 Å². The van der Waals surface area contributed by atoms with Crippen LogP contribution in [0.15, 0.2) is 54.3 Å². The Hall–Kier alpha value is -3.44. The average Bonchev–Trinajstić information content (AvgIpc) is 3.59. The van der Waals surface area contributed by atoms with E-state index in [0.717, 1.165) is 47.8 Å². The minimum Gasteiger partial charge on any atom is -0.492 e. The number of rotatable bonds is 9. The van der Waals surface area contributed by atoms with Crippen LogP contribution in [0.25, 0.3) is 27.9 Å². The number of ether oxygens (including phenoxy) is 1. The van der Waals surface area contributed by atoms with E-state index in [4.69, 9.17) is 4.74 Å². The molecule has 11 heteroatoms. The fraction of sp³-hybridized carbons (Fsp3) is 0.393. The van der Waals surface area contributed by atoms with Gasteiger partial charge in [-0.15, -0.1) is 11.3 Å². The summed E-state index contributed by atoms with van der Waals surface area (Å²) in [6, 6.07) is 7.55. The van der Waals surface area contributed by atoms with Crippen molar-refractivity contribution in [3.8, 4) is 28.0 Å². The van der Waals surface area contributed by atoms with Gasteiger partial charge in [0.2, 0.25) is 0 Å². The van der Waals surface area contributed by atoms with Crippen LogP contribution in [0.2, 0.25) is 0 Å². The second-order valence-electron chi connectivity index (χ2n) is 9.62. The SMILES string of the molecule is CCC(NC(=O)c1cc(-c2cnn3cc(-c4ccc(OCCN5CCCCC5)cc4)cnc23)cs1)C(F)(F)F. The molecule has 1 aliphatic heterocycles. The Kier molecular flexibility index (Phi) is 8.18. The standard InChI is InChI=1S/C28H30F3N5O2S/c1-2-25(28(29,30)31)34-27(37)24-14-20(18-39-24)23-16-33-36-17-21(15-32-26(23)36)19-6-8-22(9-7-19)38-13-12-35-10-4-3-5-11-35/h6-9,14-18,25H,2-5,10-13H2,1H3,(H,34,37). The molecule has 0 radical (unpaired) electrons. The molecule has 1 saturated heterocycles. The van der Waals surface area contributed by atoms with Crippen molar-refractivity contribution in [3.63, 3.8) is 0 Å². The number of piperidine rings is 1. The lowest BCUT2D eigenvalue weighted by Crippen LogP contribution is -2.44. The molecule has 1 aliphatic rings. The predicted octanol–water partition coefficient (Wildman–Crippen LogP) is 6.06. The molecule has 39 heavy (non-hydrogen) atoms. The second kappa shape index (κ2) is 11.7. The van der Waals surface area contributed by atoms with Crippen LogP contribution in [0.3, 0.4) is 0 Å². The maximum absolute atomic E-state index is 13.0. The predicted molar refractivity (Wildman–Crippen MR) is 145 cm³/mol. The van der Waals surface area contributed by atoms with Crippen LogP contribution in [0.4, 0.5) is 13.2 Å². The molecular formula is C28H30F3N5O2S. The number of aromatic nitrogens is 3. The molecule has 1 atom stereocenters. The number of likely N-dealkylation sites (tertiary alicyclic amines) is 1. The summed E-state index contributed by atoms with van der Waals surface area (Å²) >= 11 is 1.08. The van der Waals surface area contributed by atoms with Gasteiger partial charge in [-0.1, -0.05) is 25.5 Å². The van der Waals surface area contributed by atoms with E-state index < -0.39 is 18.1 Å². The van der Waals surface area contributed by atoms with E-state index in [2.05, 4.69) is 20.3 Å². The van der Waals surface area contributed by atoms with Crippen molar-refractivity contribution >= 4 is 22.9 Å². The van der Waals surface area contributed by atoms with Gasteiger partial charge in [0.25, 0.3) is 5.91 Å². The number of carbonyl (C=O) groups excluding carboxylic acids is 1. The number of fused-ring (bicyclic) bond motifs is 1. The number of carbonyl (C=O) groups is 1. The Morgan fingerprint density at radius 3 is 2.59 bits per heavy atom. The van der Waals surface area contributed by atoms with E-state index in [0.29, 0.717) is 23.4 Å². The lowest BCUT2D eigenvalue weighted by Gasteiger charge is -2.26. The zero-order valence-electron chi connectivity index (χ0n) is 21.6. The van der Waals surface area contributed by atoms with Gasteiger partial charge < -0.3 is 10.1 Å². The normalized spacial score (nSPS) is 15.4. The Labute approximate surface area is 228 Å². The van der Waals surface area contributed by atoms with E-state index in [-0.39, 0.29) is 11.3 Å². The van der Waals surface area contributed by atoms with Crippen molar-refractivity contribution in [2.75, 3.05) is 26.2 Å². The fourth-order valence-electron chi connectivity index (χ4n) is 4.69. The van der Waals surface area contributed by atoms with Gasteiger partial charge >= 0.3 is 6.18 Å². The molecule has 0 aliphatic carbocycles. The topological polar surface area (TPSA) is 71.8 Å². The van der Waals surface area contributed by atoms with Crippen LogP contribution in [-0.2, 0) is 0 Å². The van der Waals surface area contributed by atoms with Crippen LogP contribution in [-0.4, -0.2) is 63.9 Å². The highest BCUT2D eigenvalue weighted by atomic mass is 32.1. The molecule has 0 saturated carbocycles. The number of thiophene rings is 1. The summed E-state index contributed by atoms with van der Waals surface area (Å²) in [5.74, 6) is 0.0741. The van der Waals surface area contributed by atoms with Gasteiger partial charge in [0.05, 0.1) is 11.1 Å². The number of nitrogens with one attached hydrogen (secondary N) is 1. The summed E-state index contributed by atoms with van der Waals surface area (Å²) in [5.41, 5.74) is 3.79. The second-order valence-corrected chi connectivity index (χ2v) is 10.5. The summed E-state index contributed by atoms with van der Waals surface area (Å²) in [5, 5.41) is 8.21. The first-order chi connectivity index (χ1) is 18.8. The molecule has 7 nitrogen and oxygen atoms in total. The van der Waals surface area contributed by atoms with Gasteiger partial charge in [-0.2, -0.15) is 18.3 Å². The molecule has 1 amide bonds. The smallest absolute Gasteiger partial charge is 0.408 e. The molecule has 5 rings (SSSR count). The minimum absolute atomic E-state index is 0.196. The first-order valence-electron chi connectivity index (χ1n) is 13.1. The number of alkyl halides is 3. The number of benzene rings is 1. The Balaban J connectivity index is 1.24. The Bertz CT molecular complexity index is 1410. The van der Waals surface area contributed by atoms with Crippen molar-refractivity contribution < 1.29 is 22.7 Å². The molecule has 1 fully saturated rings. The third-order valence-corrected chi connectivity index (χ3v) is 7.84. The van der Waals surface area contributed by atoms with Crippen molar-refractivity contribution in [1.82, 2.24) is 24.8 Å². The maximum Gasteiger partial charge on any atom is 0.408 e. The van der Waals surface area contributed by atoms with Gasteiger partial charge in [-0.3, -0.25) is 9.69 Å². The van der Waals surface area contributed by atoms with Gasteiger partial charge in [0.15, 0.2) is 5.65 Å². The fourth-order valence-corrected chi connectivity index (χ4v) is 5.50. The number of hydrogen-bond acceptors (Lipinski definition) is 6. The van der Waals surface area contributed by atoms with E-state index >= 15 is 0 Å². The van der Waals surface area contributed by atoms with Gasteiger partial charge in [-0.05, 0) is 67.1 Å². The molecule has 4 heterocycles. The molecule has 3 aromatic heterocycles. The van der Waals surface area contributed by atoms with Gasteiger partial charge in [0.1, 0.15) is 18.4 Å². The number of hydrogen-bond donors (Lipinski definition) is 1. The molecule has 1 unspecified atom stereocenters. The lowest BCUT2D eigenvalue weighted by molar-refractivity contribution is -0.153. The van der Waals surface area contributed by atoms with E-state index in [1.165, 1.54) is 26.2 Å². The van der Waals surface area contributed by atoms with E-state index in [9.17, 15) is 18.0 Å². The first-order valence-corrected chi connectivity index (χ1v) is 13.9. The summed E-state index contributed by atoms with van der Waals surface area (Å²) in [6.07, 6.45) is 4.38. The van der Waals surface area contributed by atoms with Crippen LogP contribution < -0.4 is 10.1 Å². The third-order valence-electron chi connectivity index (χ3n) is 6.91. The highest BCUT2D eigenvalue weighted by Gasteiger charge is 2.39. The molecular weight excluding hydrogens is 527 g/mol. The molecule has 1 aromatic carbocycles. The van der Waals surface area contributed by atoms with Gasteiger partial charge in [0, 0.05) is 30.1 Å². The van der Waals surface area contributed by atoms with E-state index in [1.54, 1.807) is 28.4 Å². The summed E-state index contributed by atoms with van der Waals surface area (Å²) in [7, 11) is 0. The highest BCUT2D eigenvalue weighted by Crippen LogP contribution is 2.30. The molecule has 4 aromatic rings. The van der Waals surface area contributed by atoms with Crippen LogP contribution in [0.5, 0.6) is 5.75 Å².